The summed E-state index contributed by atoms with van der Waals surface area (Å²) < 4.78 is 15.1. The lowest BCUT2D eigenvalue weighted by Crippen LogP contribution is -2.31. The van der Waals surface area contributed by atoms with Gasteiger partial charge in [-0.05, 0) is 49.6 Å². The van der Waals surface area contributed by atoms with Gasteiger partial charge in [0.15, 0.2) is 0 Å². The average molecular weight is 350 g/mol. The van der Waals surface area contributed by atoms with Crippen LogP contribution < -0.4 is 10.7 Å². The van der Waals surface area contributed by atoms with Crippen LogP contribution in [0.3, 0.4) is 0 Å². The summed E-state index contributed by atoms with van der Waals surface area (Å²) in [4.78, 5) is 25.6. The summed E-state index contributed by atoms with van der Waals surface area (Å²) in [6.07, 6.45) is 2.52. The van der Waals surface area contributed by atoms with Gasteiger partial charge in [0, 0.05) is 17.6 Å². The van der Waals surface area contributed by atoms with Crippen molar-refractivity contribution in [2.24, 2.45) is 0 Å². The Morgan fingerprint density at radius 2 is 1.96 bits per heavy atom. The summed E-state index contributed by atoms with van der Waals surface area (Å²) in [7, 11) is 0. The average Bonchev–Trinajstić information content (AvgIpc) is 2.94. The quantitative estimate of drug-likeness (QED) is 0.782. The van der Waals surface area contributed by atoms with Crippen molar-refractivity contribution in [1.29, 1.82) is 0 Å². The molecule has 2 atom stereocenters. The zero-order chi connectivity index (χ0) is 18.4. The zero-order valence-electron chi connectivity index (χ0n) is 14.6. The molecule has 2 heterocycles. The molecule has 1 N–H and O–H groups in total. The van der Waals surface area contributed by atoms with E-state index < -0.39 is 5.91 Å². The third-order valence-corrected chi connectivity index (χ3v) is 5.09. The molecule has 1 aliphatic rings. The Hall–Kier alpha value is -2.95. The molecule has 0 unspecified atom stereocenters. The molecule has 0 radical (unpaired) electrons. The number of benzene rings is 2. The molecule has 3 aromatic rings. The lowest BCUT2D eigenvalue weighted by molar-refractivity contribution is 0.0938. The van der Waals surface area contributed by atoms with Gasteiger partial charge < -0.3 is 9.88 Å². The van der Waals surface area contributed by atoms with E-state index in [4.69, 9.17) is 0 Å². The monoisotopic (exact) mass is 350 g/mol. The fourth-order valence-electron chi connectivity index (χ4n) is 3.69. The summed E-state index contributed by atoms with van der Waals surface area (Å²) in [6, 6.07) is 11.5. The van der Waals surface area contributed by atoms with E-state index in [1.807, 2.05) is 23.6 Å². The van der Waals surface area contributed by atoms with Crippen LogP contribution in [0.15, 0.2) is 53.5 Å². The molecule has 1 amide bonds. The molecule has 5 heteroatoms. The van der Waals surface area contributed by atoms with Gasteiger partial charge in [-0.1, -0.05) is 24.3 Å². The Morgan fingerprint density at radius 1 is 1.23 bits per heavy atom. The van der Waals surface area contributed by atoms with Crippen molar-refractivity contribution in [2.75, 3.05) is 0 Å². The van der Waals surface area contributed by atoms with E-state index in [9.17, 15) is 14.0 Å². The number of aromatic nitrogens is 1. The smallest absolute Gasteiger partial charge is 0.257 e. The van der Waals surface area contributed by atoms with Gasteiger partial charge in [0.25, 0.3) is 5.91 Å². The summed E-state index contributed by atoms with van der Waals surface area (Å²) in [5, 5.41) is 3.42. The second kappa shape index (κ2) is 6.09. The lowest BCUT2D eigenvalue weighted by Gasteiger charge is -2.16. The van der Waals surface area contributed by atoms with Crippen molar-refractivity contribution in [3.05, 3.63) is 81.4 Å². The maximum absolute atomic E-state index is 13.1. The Labute approximate surface area is 150 Å². The molecule has 4 rings (SSSR count). The minimum atomic E-state index is -0.415. The second-order valence-electron chi connectivity index (χ2n) is 6.89. The highest BCUT2D eigenvalue weighted by atomic mass is 19.1. The summed E-state index contributed by atoms with van der Waals surface area (Å²) in [6.45, 7) is 3.89. The third kappa shape index (κ3) is 2.60. The molecular weight excluding hydrogens is 331 g/mol. The minimum absolute atomic E-state index is 0.136. The lowest BCUT2D eigenvalue weighted by atomic mass is 10.1. The predicted molar refractivity (Wildman–Crippen MR) is 98.9 cm³/mol. The number of carbonyl (C=O) groups excluding carboxylic acids is 1. The van der Waals surface area contributed by atoms with Gasteiger partial charge in [-0.15, -0.1) is 0 Å². The molecule has 26 heavy (non-hydrogen) atoms. The molecule has 4 nitrogen and oxygen atoms in total. The van der Waals surface area contributed by atoms with Crippen LogP contribution in [0.25, 0.3) is 10.9 Å². The van der Waals surface area contributed by atoms with Gasteiger partial charge in [0.05, 0.1) is 11.6 Å². The van der Waals surface area contributed by atoms with E-state index in [2.05, 4.69) is 12.2 Å². The van der Waals surface area contributed by atoms with Crippen LogP contribution in [0.5, 0.6) is 0 Å². The molecular formula is C21H19FN2O2. The van der Waals surface area contributed by atoms with Crippen LogP contribution in [-0.4, -0.2) is 10.5 Å². The SMILES string of the molecule is C[C@H](NC(=O)c1cn2c3c(cccc3c1=O)C[C@H]2C)c1ccc(F)cc1. The number of halogens is 1. The maximum Gasteiger partial charge on any atom is 0.257 e. The first-order chi connectivity index (χ1) is 12.5. The molecule has 0 bridgehead atoms. The number of nitrogens with zero attached hydrogens (tertiary/aromatic N) is 1. The minimum Gasteiger partial charge on any atom is -0.345 e. The number of amides is 1. The van der Waals surface area contributed by atoms with Crippen LogP contribution in [0, 0.1) is 5.82 Å². The predicted octanol–water partition coefficient (Wildman–Crippen LogP) is 3.75. The molecule has 0 aliphatic carbocycles. The molecule has 0 spiro atoms. The van der Waals surface area contributed by atoms with Crippen LogP contribution in [0.2, 0.25) is 0 Å². The Bertz CT molecular complexity index is 1070. The van der Waals surface area contributed by atoms with Crippen molar-refractivity contribution < 1.29 is 9.18 Å². The van der Waals surface area contributed by atoms with Crippen molar-refractivity contribution in [1.82, 2.24) is 9.88 Å². The van der Waals surface area contributed by atoms with E-state index in [-0.39, 0.29) is 28.9 Å². The molecule has 1 aliphatic heterocycles. The molecule has 0 saturated carbocycles. The topological polar surface area (TPSA) is 51.1 Å². The van der Waals surface area contributed by atoms with Crippen molar-refractivity contribution in [3.8, 4) is 0 Å². The number of nitrogens with one attached hydrogen (secondary N) is 1. The van der Waals surface area contributed by atoms with Crippen LogP contribution >= 0.6 is 0 Å². The first kappa shape index (κ1) is 16.5. The van der Waals surface area contributed by atoms with Gasteiger partial charge in [0.2, 0.25) is 5.43 Å². The first-order valence-corrected chi connectivity index (χ1v) is 8.69. The van der Waals surface area contributed by atoms with Gasteiger partial charge in [-0.2, -0.15) is 0 Å². The Kier molecular flexibility index (Phi) is 3.87. The number of hydrogen-bond acceptors (Lipinski definition) is 2. The summed E-state index contributed by atoms with van der Waals surface area (Å²) >= 11 is 0. The highest BCUT2D eigenvalue weighted by molar-refractivity contribution is 5.98. The molecule has 132 valence electrons. The number of carbonyl (C=O) groups is 1. The number of pyridine rings is 1. The number of rotatable bonds is 3. The normalized spacial score (nSPS) is 16.7. The van der Waals surface area contributed by atoms with E-state index in [0.29, 0.717) is 5.39 Å². The highest BCUT2D eigenvalue weighted by Crippen LogP contribution is 2.30. The number of para-hydroxylation sites is 1. The van der Waals surface area contributed by atoms with E-state index in [0.717, 1.165) is 23.1 Å². The third-order valence-electron chi connectivity index (χ3n) is 5.09. The summed E-state index contributed by atoms with van der Waals surface area (Å²) in [5.74, 6) is -0.741. The van der Waals surface area contributed by atoms with Gasteiger partial charge in [0.1, 0.15) is 11.4 Å². The van der Waals surface area contributed by atoms with Gasteiger partial charge in [-0.25, -0.2) is 4.39 Å². The fraction of sp³-hybridized carbons (Fsp3) is 0.238. The van der Waals surface area contributed by atoms with Gasteiger partial charge in [-0.3, -0.25) is 9.59 Å². The van der Waals surface area contributed by atoms with Crippen molar-refractivity contribution >= 4 is 16.8 Å². The Morgan fingerprint density at radius 3 is 2.69 bits per heavy atom. The van der Waals surface area contributed by atoms with E-state index in [1.165, 1.54) is 12.1 Å². The van der Waals surface area contributed by atoms with Crippen molar-refractivity contribution in [3.63, 3.8) is 0 Å². The fourth-order valence-corrected chi connectivity index (χ4v) is 3.69. The molecule has 2 aromatic carbocycles. The van der Waals surface area contributed by atoms with Crippen LogP contribution in [-0.2, 0) is 6.42 Å². The summed E-state index contributed by atoms with van der Waals surface area (Å²) in [5.41, 5.74) is 2.72. The van der Waals surface area contributed by atoms with E-state index >= 15 is 0 Å². The second-order valence-corrected chi connectivity index (χ2v) is 6.89. The zero-order valence-corrected chi connectivity index (χ0v) is 14.6. The maximum atomic E-state index is 13.1. The largest absolute Gasteiger partial charge is 0.345 e. The molecule has 0 fully saturated rings. The van der Waals surface area contributed by atoms with Gasteiger partial charge >= 0.3 is 0 Å². The molecule has 1 aromatic heterocycles. The van der Waals surface area contributed by atoms with Crippen molar-refractivity contribution in [2.45, 2.75) is 32.4 Å². The highest BCUT2D eigenvalue weighted by Gasteiger charge is 2.24. The number of hydrogen-bond donors (Lipinski definition) is 1. The van der Waals surface area contributed by atoms with E-state index in [1.54, 1.807) is 24.4 Å². The molecule has 0 saturated heterocycles. The first-order valence-electron chi connectivity index (χ1n) is 8.69. The van der Waals surface area contributed by atoms with Crippen LogP contribution in [0.4, 0.5) is 4.39 Å². The Balaban J connectivity index is 1.71. The van der Waals surface area contributed by atoms with Crippen LogP contribution in [0.1, 0.15) is 47.4 Å². The standard InChI is InChI=1S/C21H19FN2O2/c1-12-10-15-4-3-5-17-19(15)24(12)11-18(20(17)25)21(26)23-13(2)14-6-8-16(22)9-7-14/h3-9,11-13H,10H2,1-2H3,(H,23,26)/t12-,13+/m1/s1.